The zero-order valence-corrected chi connectivity index (χ0v) is 20.5. The fraction of sp³-hybridized carbons (Fsp3) is 0.143. The van der Waals surface area contributed by atoms with Gasteiger partial charge in [0.15, 0.2) is 5.65 Å². The normalized spacial score (nSPS) is 14.0. The molecule has 0 amide bonds. The van der Waals surface area contributed by atoms with Gasteiger partial charge in [0.05, 0.1) is 16.1 Å². The molecule has 0 saturated carbocycles. The Labute approximate surface area is 214 Å². The van der Waals surface area contributed by atoms with Gasteiger partial charge >= 0.3 is 0 Å². The Hall–Kier alpha value is -3.54. The van der Waals surface area contributed by atoms with Crippen molar-refractivity contribution in [2.45, 2.75) is 0 Å². The van der Waals surface area contributed by atoms with Crippen molar-refractivity contribution in [2.75, 3.05) is 36.0 Å². The lowest BCUT2D eigenvalue weighted by Gasteiger charge is -2.37. The standard InChI is InChI=1S/C28H23Cl2N5/c29-21-10-12-22(13-11-21)35-18-23(20-6-2-1-3-7-20)26-27(31-19-32-28(26)35)34-16-14-33(15-17-34)25-9-5-4-8-24(25)30/h1-13,18-19H,14-17H2. The number of nitrogens with zero attached hydrogens (tertiary/aromatic N) is 5. The largest absolute Gasteiger partial charge is 0.367 e. The monoisotopic (exact) mass is 499 g/mol. The molecular weight excluding hydrogens is 477 g/mol. The van der Waals surface area contributed by atoms with Crippen LogP contribution in [-0.4, -0.2) is 40.7 Å². The van der Waals surface area contributed by atoms with Crippen LogP contribution in [0.4, 0.5) is 11.5 Å². The first-order chi connectivity index (χ1) is 17.2. The van der Waals surface area contributed by atoms with Crippen molar-refractivity contribution in [2.24, 2.45) is 0 Å². The van der Waals surface area contributed by atoms with Crippen LogP contribution in [0.5, 0.6) is 0 Å². The van der Waals surface area contributed by atoms with Crippen LogP contribution in [0.2, 0.25) is 10.0 Å². The molecule has 3 heterocycles. The van der Waals surface area contributed by atoms with E-state index in [0.29, 0.717) is 5.02 Å². The Morgan fingerprint density at radius 2 is 1.37 bits per heavy atom. The second-order valence-electron chi connectivity index (χ2n) is 8.58. The van der Waals surface area contributed by atoms with Crippen LogP contribution < -0.4 is 9.80 Å². The van der Waals surface area contributed by atoms with Crippen LogP contribution in [0.1, 0.15) is 0 Å². The first-order valence-corrected chi connectivity index (χ1v) is 12.4. The number of piperazine rings is 1. The van der Waals surface area contributed by atoms with Gasteiger partial charge in [0.25, 0.3) is 0 Å². The van der Waals surface area contributed by atoms with Gasteiger partial charge in [0.1, 0.15) is 12.1 Å². The molecule has 5 nitrogen and oxygen atoms in total. The van der Waals surface area contributed by atoms with Gasteiger partial charge in [-0.25, -0.2) is 9.97 Å². The van der Waals surface area contributed by atoms with Crippen molar-refractivity contribution >= 4 is 45.7 Å². The highest BCUT2D eigenvalue weighted by Crippen LogP contribution is 2.37. The predicted molar refractivity (Wildman–Crippen MR) is 145 cm³/mol. The van der Waals surface area contributed by atoms with E-state index >= 15 is 0 Å². The first-order valence-electron chi connectivity index (χ1n) is 11.6. The summed E-state index contributed by atoms with van der Waals surface area (Å²) in [7, 11) is 0. The second-order valence-corrected chi connectivity index (χ2v) is 9.42. The summed E-state index contributed by atoms with van der Waals surface area (Å²) in [6.45, 7) is 3.43. The molecule has 3 aromatic carbocycles. The van der Waals surface area contributed by atoms with Gasteiger partial charge in [-0.1, -0.05) is 65.7 Å². The summed E-state index contributed by atoms with van der Waals surface area (Å²) in [4.78, 5) is 14.2. The summed E-state index contributed by atoms with van der Waals surface area (Å²) in [5, 5.41) is 2.55. The highest BCUT2D eigenvalue weighted by Gasteiger charge is 2.24. The van der Waals surface area contributed by atoms with E-state index in [1.165, 1.54) is 0 Å². The number of halogens is 2. The Kier molecular flexibility index (Phi) is 5.80. The van der Waals surface area contributed by atoms with Gasteiger partial charge in [-0.15, -0.1) is 0 Å². The Bertz CT molecular complexity index is 1470. The molecule has 5 aromatic rings. The fourth-order valence-electron chi connectivity index (χ4n) is 4.79. The van der Waals surface area contributed by atoms with Gasteiger partial charge in [-0.2, -0.15) is 0 Å². The quantitative estimate of drug-likeness (QED) is 0.275. The Balaban J connectivity index is 1.43. The Morgan fingerprint density at radius 1 is 0.686 bits per heavy atom. The minimum atomic E-state index is 0.709. The molecule has 0 atom stereocenters. The van der Waals surface area contributed by atoms with Gasteiger partial charge in [-0.3, -0.25) is 0 Å². The topological polar surface area (TPSA) is 37.2 Å². The summed E-state index contributed by atoms with van der Waals surface area (Å²) in [5.41, 5.74) is 5.22. The lowest BCUT2D eigenvalue weighted by molar-refractivity contribution is 0.649. The molecule has 0 spiro atoms. The van der Waals surface area contributed by atoms with Crippen molar-refractivity contribution in [3.8, 4) is 16.8 Å². The first kappa shape index (κ1) is 22.0. The molecule has 174 valence electrons. The summed E-state index contributed by atoms with van der Waals surface area (Å²) >= 11 is 12.6. The molecule has 6 rings (SSSR count). The molecule has 1 aliphatic rings. The molecule has 0 N–H and O–H groups in total. The Morgan fingerprint density at radius 3 is 2.11 bits per heavy atom. The zero-order chi connectivity index (χ0) is 23.8. The third-order valence-electron chi connectivity index (χ3n) is 6.52. The SMILES string of the molecule is Clc1ccc(-n2cc(-c3ccccc3)c3c(N4CCN(c5ccccc5Cl)CC4)ncnc32)cc1. The molecule has 35 heavy (non-hydrogen) atoms. The van der Waals surface area contributed by atoms with E-state index in [-0.39, 0.29) is 0 Å². The van der Waals surface area contributed by atoms with Crippen molar-refractivity contribution in [3.63, 3.8) is 0 Å². The fourth-order valence-corrected chi connectivity index (χ4v) is 5.17. The number of anilines is 2. The molecular formula is C28H23Cl2N5. The number of aromatic nitrogens is 3. The number of hydrogen-bond acceptors (Lipinski definition) is 4. The van der Waals surface area contributed by atoms with Crippen LogP contribution in [0.3, 0.4) is 0 Å². The van der Waals surface area contributed by atoms with Crippen LogP contribution >= 0.6 is 23.2 Å². The number of hydrogen-bond donors (Lipinski definition) is 0. The van der Waals surface area contributed by atoms with Gasteiger partial charge in [-0.05, 0) is 42.0 Å². The third-order valence-corrected chi connectivity index (χ3v) is 7.10. The third kappa shape index (κ3) is 4.11. The van der Waals surface area contributed by atoms with Crippen molar-refractivity contribution in [1.82, 2.24) is 14.5 Å². The molecule has 0 aliphatic carbocycles. The average Bonchev–Trinajstić information content (AvgIpc) is 3.30. The predicted octanol–water partition coefficient (Wildman–Crippen LogP) is 6.72. The van der Waals surface area contributed by atoms with E-state index in [9.17, 15) is 0 Å². The number of para-hydroxylation sites is 1. The smallest absolute Gasteiger partial charge is 0.150 e. The van der Waals surface area contributed by atoms with Gasteiger partial charge in [0, 0.05) is 48.6 Å². The molecule has 0 bridgehead atoms. The van der Waals surface area contributed by atoms with E-state index in [2.05, 4.69) is 50.9 Å². The lowest BCUT2D eigenvalue weighted by Crippen LogP contribution is -2.47. The summed E-state index contributed by atoms with van der Waals surface area (Å²) in [6.07, 6.45) is 3.82. The summed E-state index contributed by atoms with van der Waals surface area (Å²) < 4.78 is 2.12. The average molecular weight is 500 g/mol. The molecule has 2 aromatic heterocycles. The minimum Gasteiger partial charge on any atom is -0.367 e. The van der Waals surface area contributed by atoms with E-state index < -0.39 is 0 Å². The zero-order valence-electron chi connectivity index (χ0n) is 19.0. The molecule has 1 aliphatic heterocycles. The van der Waals surface area contributed by atoms with Crippen molar-refractivity contribution < 1.29 is 0 Å². The number of rotatable bonds is 4. The molecule has 7 heteroatoms. The minimum absolute atomic E-state index is 0.709. The van der Waals surface area contributed by atoms with Crippen LogP contribution in [0.15, 0.2) is 91.4 Å². The lowest BCUT2D eigenvalue weighted by atomic mass is 10.1. The van der Waals surface area contributed by atoms with E-state index in [0.717, 1.165) is 70.6 Å². The molecule has 0 unspecified atom stereocenters. The maximum absolute atomic E-state index is 6.46. The van der Waals surface area contributed by atoms with E-state index in [4.69, 9.17) is 33.2 Å². The summed E-state index contributed by atoms with van der Waals surface area (Å²) in [5.74, 6) is 0.959. The van der Waals surface area contributed by atoms with E-state index in [1.807, 2.05) is 48.5 Å². The molecule has 1 fully saturated rings. The maximum atomic E-state index is 6.46. The van der Waals surface area contributed by atoms with Gasteiger partial charge in [0.2, 0.25) is 0 Å². The van der Waals surface area contributed by atoms with Crippen molar-refractivity contribution in [1.29, 1.82) is 0 Å². The molecule has 0 radical (unpaired) electrons. The number of fused-ring (bicyclic) bond motifs is 1. The highest BCUT2D eigenvalue weighted by molar-refractivity contribution is 6.33. The van der Waals surface area contributed by atoms with Crippen LogP contribution in [-0.2, 0) is 0 Å². The maximum Gasteiger partial charge on any atom is 0.150 e. The van der Waals surface area contributed by atoms with Crippen LogP contribution in [0.25, 0.3) is 27.8 Å². The van der Waals surface area contributed by atoms with E-state index in [1.54, 1.807) is 6.33 Å². The second kappa shape index (κ2) is 9.25. The summed E-state index contributed by atoms with van der Waals surface area (Å²) in [6, 6.07) is 26.3. The molecule has 1 saturated heterocycles. The highest BCUT2D eigenvalue weighted by atomic mass is 35.5. The van der Waals surface area contributed by atoms with Crippen LogP contribution in [0, 0.1) is 0 Å². The van der Waals surface area contributed by atoms with Crippen molar-refractivity contribution in [3.05, 3.63) is 101 Å². The number of benzene rings is 3. The van der Waals surface area contributed by atoms with Gasteiger partial charge < -0.3 is 14.4 Å².